The highest BCUT2D eigenvalue weighted by molar-refractivity contribution is 5.96. The molecule has 0 atom stereocenters. The van der Waals surface area contributed by atoms with Gasteiger partial charge in [0.05, 0.1) is 26.4 Å². The fourth-order valence-electron chi connectivity index (χ4n) is 7.53. The fraction of sp³-hybridized carbons (Fsp3) is 0.417. The van der Waals surface area contributed by atoms with E-state index in [0.717, 1.165) is 125 Å². The van der Waals surface area contributed by atoms with Crippen molar-refractivity contribution in [2.75, 3.05) is 65.7 Å². The van der Waals surface area contributed by atoms with Crippen LogP contribution in [0.2, 0.25) is 0 Å². The van der Waals surface area contributed by atoms with Gasteiger partial charge in [0.15, 0.2) is 0 Å². The van der Waals surface area contributed by atoms with Crippen molar-refractivity contribution >= 4 is 23.3 Å². The molecule has 14 nitrogen and oxygen atoms in total. The lowest BCUT2D eigenvalue weighted by molar-refractivity contribution is 0.135. The first-order valence-electron chi connectivity index (χ1n) is 21.8. The van der Waals surface area contributed by atoms with Crippen LogP contribution in [0.4, 0.5) is 0 Å². The molecule has 2 heterocycles. The first-order valence-corrected chi connectivity index (χ1v) is 21.8. The molecule has 0 bridgehead atoms. The Kier molecular flexibility index (Phi) is 18.9. The van der Waals surface area contributed by atoms with E-state index in [0.29, 0.717) is 30.3 Å². The maximum atomic E-state index is 7.43. The third-order valence-corrected chi connectivity index (χ3v) is 11.4. The summed E-state index contributed by atoms with van der Waals surface area (Å²) in [5, 5.41) is 29.7. The second-order valence-electron chi connectivity index (χ2n) is 16.0. The van der Waals surface area contributed by atoms with Gasteiger partial charge in [-0.25, -0.2) is 0 Å². The number of nitrogens with zero attached hydrogens (tertiary/aromatic N) is 2. The van der Waals surface area contributed by atoms with E-state index in [-0.39, 0.29) is 23.3 Å². The predicted molar refractivity (Wildman–Crippen MR) is 249 cm³/mol. The molecule has 62 heavy (non-hydrogen) atoms. The van der Waals surface area contributed by atoms with Gasteiger partial charge in [0.2, 0.25) is 0 Å². The average Bonchev–Trinajstić information content (AvgIpc) is 3.29. The molecule has 0 unspecified atom stereocenters. The van der Waals surface area contributed by atoms with Crippen molar-refractivity contribution in [1.29, 1.82) is 21.6 Å². The molecule has 0 spiro atoms. The monoisotopic (exact) mass is 847 g/mol. The zero-order valence-corrected chi connectivity index (χ0v) is 36.0. The minimum atomic E-state index is 0.0706. The van der Waals surface area contributed by atoms with Gasteiger partial charge in [0.25, 0.3) is 0 Å². The third kappa shape index (κ3) is 16.4. The van der Waals surface area contributed by atoms with Crippen LogP contribution >= 0.6 is 0 Å². The molecule has 4 aromatic rings. The second kappa shape index (κ2) is 25.0. The van der Waals surface area contributed by atoms with Gasteiger partial charge in [-0.1, -0.05) is 0 Å². The van der Waals surface area contributed by atoms with E-state index in [1.54, 1.807) is 0 Å². The van der Waals surface area contributed by atoms with Crippen LogP contribution in [0.25, 0.3) is 0 Å². The van der Waals surface area contributed by atoms with E-state index in [1.165, 1.54) is 19.3 Å². The van der Waals surface area contributed by atoms with Crippen LogP contribution in [-0.4, -0.2) is 98.8 Å². The number of nitrogens with two attached hydrogens (primary N) is 4. The maximum Gasteiger partial charge on any atom is 0.122 e. The Bertz CT molecular complexity index is 1900. The molecule has 0 amide bonds. The molecule has 2 fully saturated rings. The van der Waals surface area contributed by atoms with Crippen LogP contribution < -0.4 is 41.9 Å². The number of amidine groups is 4. The summed E-state index contributed by atoms with van der Waals surface area (Å²) in [5.41, 5.74) is 24.7. The quantitative estimate of drug-likeness (QED) is 0.0246. The van der Waals surface area contributed by atoms with Gasteiger partial charge in [0.1, 0.15) is 46.3 Å². The molecule has 0 saturated carbocycles. The Morgan fingerprint density at radius 2 is 0.710 bits per heavy atom. The molecule has 2 aliphatic rings. The van der Waals surface area contributed by atoms with Crippen molar-refractivity contribution in [3.05, 3.63) is 119 Å². The van der Waals surface area contributed by atoms with Crippen LogP contribution in [0.1, 0.15) is 73.6 Å². The van der Waals surface area contributed by atoms with Gasteiger partial charge in [-0.2, -0.15) is 0 Å². The first-order chi connectivity index (χ1) is 30.0. The molecule has 332 valence electrons. The number of nitrogen functional groups attached to an aromatic ring is 4. The highest BCUT2D eigenvalue weighted by atomic mass is 16.5. The minimum absolute atomic E-state index is 0.0706. The van der Waals surface area contributed by atoms with Crippen molar-refractivity contribution in [3.8, 4) is 23.0 Å². The van der Waals surface area contributed by atoms with Gasteiger partial charge in [-0.3, -0.25) is 21.6 Å². The van der Waals surface area contributed by atoms with Crippen molar-refractivity contribution < 1.29 is 18.9 Å². The normalized spacial score (nSPS) is 14.8. The van der Waals surface area contributed by atoms with Crippen LogP contribution in [0.15, 0.2) is 97.1 Å². The van der Waals surface area contributed by atoms with Crippen LogP contribution in [-0.2, 0) is 0 Å². The van der Waals surface area contributed by atoms with Gasteiger partial charge in [-0.05, 0) is 186 Å². The first kappa shape index (κ1) is 46.9. The van der Waals surface area contributed by atoms with E-state index < -0.39 is 0 Å². The highest BCUT2D eigenvalue weighted by Gasteiger charge is 2.20. The summed E-state index contributed by atoms with van der Waals surface area (Å²) in [6, 6.07) is 29.5. The maximum absolute atomic E-state index is 7.43. The molecule has 0 aliphatic carbocycles. The lowest BCUT2D eigenvalue weighted by Gasteiger charge is -2.32. The molecule has 0 radical (unpaired) electrons. The smallest absolute Gasteiger partial charge is 0.122 e. The van der Waals surface area contributed by atoms with Crippen LogP contribution in [0.3, 0.4) is 0 Å². The summed E-state index contributed by atoms with van der Waals surface area (Å²) in [6.45, 7) is 9.43. The Balaban J connectivity index is 0.000000235. The van der Waals surface area contributed by atoms with Crippen LogP contribution in [0.5, 0.6) is 23.0 Å². The molecule has 2 saturated heterocycles. The summed E-state index contributed by atoms with van der Waals surface area (Å²) < 4.78 is 23.3. The molecule has 0 aromatic heterocycles. The number of ether oxygens (including phenoxy) is 4. The highest BCUT2D eigenvalue weighted by Crippen LogP contribution is 2.24. The summed E-state index contributed by atoms with van der Waals surface area (Å²) >= 11 is 0. The SMILES string of the molecule is N=C(N)c1ccc(OCCCC2CCN(CCCOc3ccc(C(=N)N)cc3)CC2)cc1.N=C(N)c1ccc(OCCCN2CCC(COc3ccc(C(=N)N)cc3)CC2)cc1. The Hall–Kier alpha value is -6.12. The lowest BCUT2D eigenvalue weighted by atomic mass is 9.92. The molecule has 12 N–H and O–H groups in total. The summed E-state index contributed by atoms with van der Waals surface area (Å²) in [4.78, 5) is 5.02. The second-order valence-corrected chi connectivity index (χ2v) is 16.0. The van der Waals surface area contributed by atoms with Crippen molar-refractivity contribution in [1.82, 2.24) is 9.80 Å². The molecule has 6 rings (SSSR count). The number of hydrogen-bond donors (Lipinski definition) is 8. The molecular weight excluding hydrogens is 781 g/mol. The summed E-state index contributed by atoms with van der Waals surface area (Å²) in [5.74, 6) is 4.96. The number of likely N-dealkylation sites (tertiary alicyclic amines) is 2. The number of hydrogen-bond acceptors (Lipinski definition) is 10. The van der Waals surface area contributed by atoms with Crippen molar-refractivity contribution in [3.63, 3.8) is 0 Å². The molecular formula is C48H66N10O4. The van der Waals surface area contributed by atoms with Gasteiger partial charge < -0.3 is 51.7 Å². The van der Waals surface area contributed by atoms with E-state index >= 15 is 0 Å². The average molecular weight is 847 g/mol. The largest absolute Gasteiger partial charge is 0.494 e. The zero-order chi connectivity index (χ0) is 44.1. The van der Waals surface area contributed by atoms with E-state index in [9.17, 15) is 0 Å². The van der Waals surface area contributed by atoms with Gasteiger partial charge >= 0.3 is 0 Å². The van der Waals surface area contributed by atoms with E-state index in [1.807, 2.05) is 97.1 Å². The fourth-order valence-corrected chi connectivity index (χ4v) is 7.53. The number of nitrogens with one attached hydrogen (secondary N) is 4. The summed E-state index contributed by atoms with van der Waals surface area (Å²) in [7, 11) is 0. The molecule has 2 aliphatic heterocycles. The Labute approximate surface area is 366 Å². The van der Waals surface area contributed by atoms with E-state index in [4.69, 9.17) is 63.5 Å². The number of piperidine rings is 2. The predicted octanol–water partition coefficient (Wildman–Crippen LogP) is 6.41. The lowest BCUT2D eigenvalue weighted by Crippen LogP contribution is -2.36. The topological polar surface area (TPSA) is 243 Å². The standard InChI is InChI=1S/C25H35N5O2.C23H31N5O2/c26-24(27)20-4-8-22(9-5-20)31-17-1-3-19-12-15-30(16-13-19)14-2-18-32-23-10-6-21(7-11-23)25(28)29;24-22(25)18-2-6-20(7-3-18)29-15-1-12-28-13-10-17(11-14-28)16-30-21-8-4-19(5-9-21)23(26)27/h4-11,19H,1-3,12-18H2,(H3,26,27)(H3,28,29);2-9,17H,1,10-16H2,(H3,24,25)(H3,26,27). The van der Waals surface area contributed by atoms with Gasteiger partial charge in [-0.15, -0.1) is 0 Å². The molecule has 4 aromatic carbocycles. The Morgan fingerprint density at radius 1 is 0.419 bits per heavy atom. The molecule has 14 heteroatoms. The Morgan fingerprint density at radius 3 is 1.03 bits per heavy atom. The van der Waals surface area contributed by atoms with E-state index in [2.05, 4.69) is 9.80 Å². The zero-order valence-electron chi connectivity index (χ0n) is 36.0. The van der Waals surface area contributed by atoms with Crippen molar-refractivity contribution in [2.45, 2.75) is 51.4 Å². The number of benzene rings is 4. The van der Waals surface area contributed by atoms with Crippen LogP contribution in [0, 0.1) is 33.5 Å². The van der Waals surface area contributed by atoms with Crippen molar-refractivity contribution in [2.24, 2.45) is 34.8 Å². The third-order valence-electron chi connectivity index (χ3n) is 11.4. The number of rotatable bonds is 22. The van der Waals surface area contributed by atoms with Gasteiger partial charge in [0, 0.05) is 35.3 Å². The summed E-state index contributed by atoms with van der Waals surface area (Å²) in [6.07, 6.45) is 9.04. The minimum Gasteiger partial charge on any atom is -0.494 e.